The maximum Gasteiger partial charge on any atom is 0.160 e. The van der Waals surface area contributed by atoms with Gasteiger partial charge in [0.05, 0.1) is 5.52 Å². The third-order valence-corrected chi connectivity index (χ3v) is 2.76. The Labute approximate surface area is 95.3 Å². The standard InChI is InChI=1S/C14H15NO/c1-8-5-9(2)14-12(11(4)16)7-10(3)15-13(14)6-8/h5-7H,1-4H3. The van der Waals surface area contributed by atoms with Gasteiger partial charge in [-0.15, -0.1) is 0 Å². The monoisotopic (exact) mass is 213 g/mol. The van der Waals surface area contributed by atoms with Gasteiger partial charge in [-0.1, -0.05) is 6.07 Å². The van der Waals surface area contributed by atoms with Gasteiger partial charge >= 0.3 is 0 Å². The lowest BCUT2D eigenvalue weighted by atomic mass is 9.99. The molecular weight excluding hydrogens is 198 g/mol. The number of nitrogens with zero attached hydrogens (tertiary/aromatic N) is 1. The number of benzene rings is 1. The molecule has 2 rings (SSSR count). The van der Waals surface area contributed by atoms with E-state index in [2.05, 4.69) is 11.1 Å². The molecular formula is C14H15NO. The van der Waals surface area contributed by atoms with Crippen LogP contribution in [0.15, 0.2) is 18.2 Å². The van der Waals surface area contributed by atoms with Gasteiger partial charge in [0.1, 0.15) is 0 Å². The van der Waals surface area contributed by atoms with E-state index in [9.17, 15) is 4.79 Å². The number of hydrogen-bond acceptors (Lipinski definition) is 2. The van der Waals surface area contributed by atoms with Gasteiger partial charge in [-0.25, -0.2) is 0 Å². The smallest absolute Gasteiger partial charge is 0.160 e. The van der Waals surface area contributed by atoms with Gasteiger partial charge < -0.3 is 0 Å². The van der Waals surface area contributed by atoms with Crippen LogP contribution in [0.2, 0.25) is 0 Å². The number of hydrogen-bond donors (Lipinski definition) is 0. The van der Waals surface area contributed by atoms with Gasteiger partial charge in [0, 0.05) is 16.6 Å². The van der Waals surface area contributed by atoms with E-state index in [4.69, 9.17) is 0 Å². The van der Waals surface area contributed by atoms with Crippen molar-refractivity contribution in [3.05, 3.63) is 40.6 Å². The first-order valence-electron chi connectivity index (χ1n) is 5.38. The summed E-state index contributed by atoms with van der Waals surface area (Å²) in [6.07, 6.45) is 0. The van der Waals surface area contributed by atoms with Gasteiger partial charge in [-0.3, -0.25) is 9.78 Å². The van der Waals surface area contributed by atoms with E-state index < -0.39 is 0 Å². The summed E-state index contributed by atoms with van der Waals surface area (Å²) in [5, 5.41) is 0.990. The SMILES string of the molecule is CC(=O)c1cc(C)nc2cc(C)cc(C)c12. The van der Waals surface area contributed by atoms with Crippen molar-refractivity contribution in [1.29, 1.82) is 0 Å². The molecule has 0 saturated heterocycles. The molecule has 2 heteroatoms. The highest BCUT2D eigenvalue weighted by Gasteiger charge is 2.10. The predicted octanol–water partition coefficient (Wildman–Crippen LogP) is 3.36. The fourth-order valence-electron chi connectivity index (χ4n) is 2.16. The Morgan fingerprint density at radius 3 is 2.44 bits per heavy atom. The fourth-order valence-corrected chi connectivity index (χ4v) is 2.16. The highest BCUT2D eigenvalue weighted by Crippen LogP contribution is 2.24. The van der Waals surface area contributed by atoms with Gasteiger partial charge in [0.2, 0.25) is 0 Å². The normalized spacial score (nSPS) is 10.8. The first kappa shape index (κ1) is 10.8. The van der Waals surface area contributed by atoms with Crippen LogP contribution in [0, 0.1) is 20.8 Å². The molecule has 0 atom stereocenters. The second-order valence-electron chi connectivity index (χ2n) is 4.34. The summed E-state index contributed by atoms with van der Waals surface area (Å²) in [6.45, 7) is 7.60. The third kappa shape index (κ3) is 1.71. The average molecular weight is 213 g/mol. The number of fused-ring (bicyclic) bond motifs is 1. The van der Waals surface area contributed by atoms with Gasteiger partial charge in [-0.05, 0) is 51.0 Å². The first-order valence-corrected chi connectivity index (χ1v) is 5.38. The summed E-state index contributed by atoms with van der Waals surface area (Å²) >= 11 is 0. The minimum absolute atomic E-state index is 0.0995. The summed E-state index contributed by atoms with van der Waals surface area (Å²) in [5.41, 5.74) is 4.88. The molecule has 82 valence electrons. The van der Waals surface area contributed by atoms with Crippen LogP contribution in [0.25, 0.3) is 10.9 Å². The summed E-state index contributed by atoms with van der Waals surface area (Å²) in [4.78, 5) is 16.1. The fraction of sp³-hybridized carbons (Fsp3) is 0.286. The van der Waals surface area contributed by atoms with Crippen molar-refractivity contribution in [2.75, 3.05) is 0 Å². The average Bonchev–Trinajstić information content (AvgIpc) is 2.14. The zero-order valence-electron chi connectivity index (χ0n) is 10.1. The Morgan fingerprint density at radius 2 is 1.81 bits per heavy atom. The molecule has 1 heterocycles. The summed E-state index contributed by atoms with van der Waals surface area (Å²) < 4.78 is 0. The molecule has 0 radical (unpaired) electrons. The Bertz CT molecular complexity index is 580. The Morgan fingerprint density at radius 1 is 1.12 bits per heavy atom. The molecule has 2 aromatic rings. The Hall–Kier alpha value is -1.70. The maximum absolute atomic E-state index is 11.6. The Kier molecular flexibility index (Phi) is 2.50. The number of Topliss-reactive ketones (excluding diaryl/α,β-unsaturated/α-hetero) is 1. The molecule has 0 amide bonds. The zero-order chi connectivity index (χ0) is 11.9. The van der Waals surface area contributed by atoms with Crippen LogP contribution in [0.1, 0.15) is 34.1 Å². The zero-order valence-corrected chi connectivity index (χ0v) is 10.1. The lowest BCUT2D eigenvalue weighted by molar-refractivity contribution is 0.101. The largest absolute Gasteiger partial charge is 0.294 e. The molecule has 0 aliphatic rings. The molecule has 0 spiro atoms. The molecule has 0 unspecified atom stereocenters. The number of aromatic nitrogens is 1. The van der Waals surface area contributed by atoms with E-state index >= 15 is 0 Å². The number of ketones is 1. The van der Waals surface area contributed by atoms with E-state index in [-0.39, 0.29) is 5.78 Å². The van der Waals surface area contributed by atoms with Crippen LogP contribution in [-0.4, -0.2) is 10.8 Å². The third-order valence-electron chi connectivity index (χ3n) is 2.76. The van der Waals surface area contributed by atoms with Crippen molar-refractivity contribution >= 4 is 16.7 Å². The van der Waals surface area contributed by atoms with Gasteiger partial charge in [0.15, 0.2) is 5.78 Å². The molecule has 1 aromatic carbocycles. The van der Waals surface area contributed by atoms with Crippen molar-refractivity contribution < 1.29 is 4.79 Å². The van der Waals surface area contributed by atoms with Gasteiger partial charge in [-0.2, -0.15) is 0 Å². The van der Waals surface area contributed by atoms with Crippen LogP contribution in [0.5, 0.6) is 0 Å². The minimum Gasteiger partial charge on any atom is -0.294 e. The minimum atomic E-state index is 0.0995. The van der Waals surface area contributed by atoms with Crippen LogP contribution in [-0.2, 0) is 0 Å². The number of rotatable bonds is 1. The summed E-state index contributed by atoms with van der Waals surface area (Å²) in [6, 6.07) is 5.99. The van der Waals surface area contributed by atoms with Crippen molar-refractivity contribution in [1.82, 2.24) is 4.98 Å². The van der Waals surface area contributed by atoms with Crippen LogP contribution in [0.3, 0.4) is 0 Å². The maximum atomic E-state index is 11.6. The van der Waals surface area contributed by atoms with E-state index in [0.717, 1.165) is 27.7 Å². The molecule has 0 fully saturated rings. The van der Waals surface area contributed by atoms with Gasteiger partial charge in [0.25, 0.3) is 0 Å². The van der Waals surface area contributed by atoms with Crippen molar-refractivity contribution in [2.24, 2.45) is 0 Å². The topological polar surface area (TPSA) is 30.0 Å². The number of pyridine rings is 1. The highest BCUT2D eigenvalue weighted by molar-refractivity contribution is 6.07. The summed E-state index contributed by atoms with van der Waals surface area (Å²) in [5.74, 6) is 0.0995. The lowest BCUT2D eigenvalue weighted by Crippen LogP contribution is -1.99. The van der Waals surface area contributed by atoms with Crippen LogP contribution < -0.4 is 0 Å². The van der Waals surface area contributed by atoms with Crippen molar-refractivity contribution in [3.8, 4) is 0 Å². The van der Waals surface area contributed by atoms with Crippen molar-refractivity contribution in [3.63, 3.8) is 0 Å². The van der Waals surface area contributed by atoms with Crippen molar-refractivity contribution in [2.45, 2.75) is 27.7 Å². The molecule has 16 heavy (non-hydrogen) atoms. The molecule has 0 N–H and O–H groups in total. The lowest BCUT2D eigenvalue weighted by Gasteiger charge is -2.09. The van der Waals surface area contributed by atoms with Crippen LogP contribution in [0.4, 0.5) is 0 Å². The number of carbonyl (C=O) groups excluding carboxylic acids is 1. The van der Waals surface area contributed by atoms with Crippen LogP contribution >= 0.6 is 0 Å². The molecule has 0 bridgehead atoms. The number of aryl methyl sites for hydroxylation is 3. The Balaban J connectivity index is 2.95. The highest BCUT2D eigenvalue weighted by atomic mass is 16.1. The number of carbonyl (C=O) groups is 1. The van der Waals surface area contributed by atoms with E-state index in [1.165, 1.54) is 5.56 Å². The summed E-state index contributed by atoms with van der Waals surface area (Å²) in [7, 11) is 0. The second kappa shape index (κ2) is 3.71. The first-order chi connectivity index (χ1) is 7.49. The molecule has 0 aliphatic heterocycles. The van der Waals surface area contributed by atoms with E-state index in [0.29, 0.717) is 0 Å². The van der Waals surface area contributed by atoms with E-state index in [1.807, 2.05) is 32.9 Å². The van der Waals surface area contributed by atoms with E-state index in [1.54, 1.807) is 6.92 Å². The molecule has 0 aliphatic carbocycles. The molecule has 2 nitrogen and oxygen atoms in total. The quantitative estimate of drug-likeness (QED) is 0.680. The molecule has 0 saturated carbocycles. The second-order valence-corrected chi connectivity index (χ2v) is 4.34. The predicted molar refractivity (Wildman–Crippen MR) is 66.0 cm³/mol. The molecule has 1 aromatic heterocycles.